The summed E-state index contributed by atoms with van der Waals surface area (Å²) in [5.41, 5.74) is 1.14. The van der Waals surface area contributed by atoms with Crippen LogP contribution in [0.2, 0.25) is 0 Å². The SMILES string of the molecule is Cc1sc2ncn3nc(Cn4nc(C(F)(F)F)c(Br)c4C)nc3c2c1C. The van der Waals surface area contributed by atoms with Crippen LogP contribution in [-0.2, 0) is 12.7 Å². The third-order valence-corrected chi connectivity index (χ3v) is 6.31. The van der Waals surface area contributed by atoms with Gasteiger partial charge in [0.15, 0.2) is 17.2 Å². The number of aromatic nitrogens is 6. The van der Waals surface area contributed by atoms with E-state index in [0.717, 1.165) is 20.7 Å². The molecule has 0 aliphatic carbocycles. The first-order chi connectivity index (χ1) is 12.2. The molecule has 0 bridgehead atoms. The van der Waals surface area contributed by atoms with Crippen molar-refractivity contribution < 1.29 is 13.2 Å². The molecule has 0 aromatic carbocycles. The third kappa shape index (κ3) is 2.60. The van der Waals surface area contributed by atoms with Gasteiger partial charge in [0.25, 0.3) is 0 Å². The van der Waals surface area contributed by atoms with Gasteiger partial charge in [0.2, 0.25) is 0 Å². The first kappa shape index (κ1) is 17.4. The van der Waals surface area contributed by atoms with Crippen molar-refractivity contribution >= 4 is 43.1 Å². The van der Waals surface area contributed by atoms with Gasteiger partial charge in [0, 0.05) is 4.88 Å². The molecule has 136 valence electrons. The highest BCUT2D eigenvalue weighted by molar-refractivity contribution is 9.10. The van der Waals surface area contributed by atoms with Gasteiger partial charge in [0.05, 0.1) is 15.6 Å². The monoisotopic (exact) mass is 444 g/mol. The Balaban J connectivity index is 1.80. The number of thiophene rings is 1. The van der Waals surface area contributed by atoms with Gasteiger partial charge in [-0.1, -0.05) is 0 Å². The number of rotatable bonds is 2. The van der Waals surface area contributed by atoms with E-state index in [-0.39, 0.29) is 11.0 Å². The molecule has 0 atom stereocenters. The molecule has 0 radical (unpaired) electrons. The van der Waals surface area contributed by atoms with E-state index in [1.807, 2.05) is 13.8 Å². The van der Waals surface area contributed by atoms with Crippen LogP contribution in [0.15, 0.2) is 10.8 Å². The van der Waals surface area contributed by atoms with Crippen molar-refractivity contribution in [2.24, 2.45) is 0 Å². The van der Waals surface area contributed by atoms with Gasteiger partial charge in [-0.3, -0.25) is 4.68 Å². The van der Waals surface area contributed by atoms with E-state index in [0.29, 0.717) is 17.2 Å². The standard InChI is InChI=1S/C15H12BrF3N6S/c1-6-8(3)26-14-10(6)13-21-9(22-25(13)5-20-14)4-24-7(2)11(16)12(23-24)15(17,18)19/h5H,4H2,1-3H3. The summed E-state index contributed by atoms with van der Waals surface area (Å²) in [5.74, 6) is 0.370. The normalized spacial score (nSPS) is 12.6. The van der Waals surface area contributed by atoms with Crippen molar-refractivity contribution in [2.45, 2.75) is 33.5 Å². The first-order valence-corrected chi connectivity index (χ1v) is 9.18. The van der Waals surface area contributed by atoms with E-state index in [9.17, 15) is 13.2 Å². The second-order valence-electron chi connectivity index (χ2n) is 5.91. The lowest BCUT2D eigenvalue weighted by Gasteiger charge is -2.01. The average molecular weight is 445 g/mol. The van der Waals surface area contributed by atoms with Gasteiger partial charge in [-0.2, -0.15) is 18.3 Å². The zero-order valence-corrected chi connectivity index (χ0v) is 16.3. The fraction of sp³-hybridized carbons (Fsp3) is 0.333. The minimum Gasteiger partial charge on any atom is -0.260 e. The predicted molar refractivity (Wildman–Crippen MR) is 94.4 cm³/mol. The summed E-state index contributed by atoms with van der Waals surface area (Å²) >= 11 is 4.55. The van der Waals surface area contributed by atoms with Gasteiger partial charge in [0.1, 0.15) is 17.7 Å². The maximum Gasteiger partial charge on any atom is 0.436 e. The summed E-state index contributed by atoms with van der Waals surface area (Å²) in [4.78, 5) is 10.9. The van der Waals surface area contributed by atoms with Crippen LogP contribution in [0.1, 0.15) is 27.7 Å². The summed E-state index contributed by atoms with van der Waals surface area (Å²) in [5, 5.41) is 8.93. The van der Waals surface area contributed by atoms with Crippen molar-refractivity contribution in [3.8, 4) is 0 Å². The number of fused-ring (bicyclic) bond motifs is 3. The van der Waals surface area contributed by atoms with E-state index in [4.69, 9.17) is 0 Å². The average Bonchev–Trinajstić information content (AvgIpc) is 3.17. The third-order valence-electron chi connectivity index (χ3n) is 4.24. The molecule has 6 nitrogen and oxygen atoms in total. The molecule has 0 fully saturated rings. The smallest absolute Gasteiger partial charge is 0.260 e. The van der Waals surface area contributed by atoms with Crippen molar-refractivity contribution in [3.05, 3.63) is 38.5 Å². The Hall–Kier alpha value is -2.01. The van der Waals surface area contributed by atoms with Crippen molar-refractivity contribution in [3.63, 3.8) is 0 Å². The van der Waals surface area contributed by atoms with Crippen LogP contribution in [0, 0.1) is 20.8 Å². The Bertz CT molecular complexity index is 1160. The first-order valence-electron chi connectivity index (χ1n) is 7.57. The van der Waals surface area contributed by atoms with E-state index >= 15 is 0 Å². The molecule has 0 spiro atoms. The Morgan fingerprint density at radius 1 is 1.19 bits per heavy atom. The fourth-order valence-corrected chi connectivity index (χ4v) is 4.25. The molecule has 26 heavy (non-hydrogen) atoms. The molecule has 11 heteroatoms. The molecule has 0 saturated carbocycles. The minimum absolute atomic E-state index is 0.0336. The zero-order valence-electron chi connectivity index (χ0n) is 13.9. The molecule has 0 aliphatic rings. The lowest BCUT2D eigenvalue weighted by molar-refractivity contribution is -0.142. The fourth-order valence-electron chi connectivity index (χ4n) is 2.75. The highest BCUT2D eigenvalue weighted by Gasteiger charge is 2.38. The largest absolute Gasteiger partial charge is 0.436 e. The molecule has 4 aromatic rings. The van der Waals surface area contributed by atoms with E-state index in [2.05, 4.69) is 36.1 Å². The number of hydrogen-bond acceptors (Lipinski definition) is 5. The van der Waals surface area contributed by atoms with Gasteiger partial charge < -0.3 is 0 Å². The summed E-state index contributed by atoms with van der Waals surface area (Å²) in [6.45, 7) is 5.60. The molecule has 4 rings (SSSR count). The van der Waals surface area contributed by atoms with Crippen LogP contribution in [0.4, 0.5) is 13.2 Å². The van der Waals surface area contributed by atoms with Gasteiger partial charge in [-0.25, -0.2) is 14.5 Å². The van der Waals surface area contributed by atoms with Crippen LogP contribution >= 0.6 is 27.3 Å². The van der Waals surface area contributed by atoms with Crippen molar-refractivity contribution in [2.75, 3.05) is 0 Å². The van der Waals surface area contributed by atoms with Crippen LogP contribution < -0.4 is 0 Å². The summed E-state index contributed by atoms with van der Waals surface area (Å²) < 4.78 is 41.8. The van der Waals surface area contributed by atoms with Crippen molar-refractivity contribution in [1.82, 2.24) is 29.4 Å². The molecule has 0 aliphatic heterocycles. The summed E-state index contributed by atoms with van der Waals surface area (Å²) in [6, 6.07) is 0. The van der Waals surface area contributed by atoms with Crippen LogP contribution in [-0.4, -0.2) is 29.4 Å². The predicted octanol–water partition coefficient (Wildman–Crippen LogP) is 4.29. The lowest BCUT2D eigenvalue weighted by atomic mass is 10.2. The zero-order chi connectivity index (χ0) is 18.8. The van der Waals surface area contributed by atoms with E-state index in [1.54, 1.807) is 29.1 Å². The van der Waals surface area contributed by atoms with E-state index < -0.39 is 11.9 Å². The van der Waals surface area contributed by atoms with Crippen LogP contribution in [0.5, 0.6) is 0 Å². The highest BCUT2D eigenvalue weighted by Crippen LogP contribution is 2.35. The Morgan fingerprint density at radius 2 is 1.92 bits per heavy atom. The molecule has 0 unspecified atom stereocenters. The summed E-state index contributed by atoms with van der Waals surface area (Å²) in [6.07, 6.45) is -2.96. The Labute approximate surface area is 157 Å². The Morgan fingerprint density at radius 3 is 2.58 bits per heavy atom. The van der Waals surface area contributed by atoms with Crippen LogP contribution in [0.25, 0.3) is 15.9 Å². The number of hydrogen-bond donors (Lipinski definition) is 0. The number of alkyl halides is 3. The quantitative estimate of drug-likeness (QED) is 0.462. The number of nitrogens with zero attached hydrogens (tertiary/aromatic N) is 6. The lowest BCUT2D eigenvalue weighted by Crippen LogP contribution is -2.10. The van der Waals surface area contributed by atoms with E-state index in [1.165, 1.54) is 4.68 Å². The molecule has 4 heterocycles. The molecular formula is C15H12BrF3N6S. The van der Waals surface area contributed by atoms with Crippen molar-refractivity contribution in [1.29, 1.82) is 0 Å². The van der Waals surface area contributed by atoms with Gasteiger partial charge >= 0.3 is 6.18 Å². The molecule has 0 amide bonds. The van der Waals surface area contributed by atoms with Crippen LogP contribution in [0.3, 0.4) is 0 Å². The number of halogens is 4. The highest BCUT2D eigenvalue weighted by atomic mass is 79.9. The summed E-state index contributed by atoms with van der Waals surface area (Å²) in [7, 11) is 0. The molecular weight excluding hydrogens is 433 g/mol. The second-order valence-corrected chi connectivity index (χ2v) is 7.90. The van der Waals surface area contributed by atoms with Gasteiger partial charge in [-0.05, 0) is 42.3 Å². The molecule has 4 aromatic heterocycles. The topological polar surface area (TPSA) is 60.9 Å². The van der Waals surface area contributed by atoms with Gasteiger partial charge in [-0.15, -0.1) is 16.4 Å². The molecule has 0 saturated heterocycles. The minimum atomic E-state index is -4.53. The second kappa shape index (κ2) is 5.74. The maximum absolute atomic E-state index is 13.0. The number of aryl methyl sites for hydroxylation is 2. The maximum atomic E-state index is 13.0. The molecule has 0 N–H and O–H groups in total. The Kier molecular flexibility index (Phi) is 3.85.